The molecule has 0 fully saturated rings. The van der Waals surface area contributed by atoms with E-state index in [0.717, 1.165) is 24.1 Å². The molecule has 0 saturated carbocycles. The molecule has 0 spiro atoms. The first-order valence-electron chi connectivity index (χ1n) is 7.71. The van der Waals surface area contributed by atoms with Crippen LogP contribution in [-0.4, -0.2) is 29.1 Å². The van der Waals surface area contributed by atoms with Crippen molar-refractivity contribution in [2.45, 2.75) is 18.6 Å². The highest BCUT2D eigenvalue weighted by molar-refractivity contribution is 5.90. The Morgan fingerprint density at radius 1 is 1.27 bits per heavy atom. The predicted molar refractivity (Wildman–Crippen MR) is 89.0 cm³/mol. The van der Waals surface area contributed by atoms with Gasteiger partial charge in [-0.05, 0) is 17.7 Å². The molecule has 136 valence electrons. The van der Waals surface area contributed by atoms with Gasteiger partial charge in [0.1, 0.15) is 11.6 Å². The number of benzene rings is 2. The number of anilines is 1. The van der Waals surface area contributed by atoms with E-state index in [1.165, 1.54) is 11.9 Å². The fourth-order valence-corrected chi connectivity index (χ4v) is 2.77. The molecule has 0 bridgehead atoms. The Bertz CT molecular complexity index is 922. The van der Waals surface area contributed by atoms with Gasteiger partial charge in [-0.1, -0.05) is 30.3 Å². The van der Waals surface area contributed by atoms with Crippen LogP contribution in [0, 0.1) is 0 Å². The second-order valence-electron chi connectivity index (χ2n) is 5.85. The molecule has 1 atom stereocenters. The molecule has 5 nitrogen and oxygen atoms in total. The summed E-state index contributed by atoms with van der Waals surface area (Å²) in [6, 6.07) is 9.56. The summed E-state index contributed by atoms with van der Waals surface area (Å²) in [6.07, 6.45) is -3.42. The minimum Gasteiger partial charge on any atom is -0.480 e. The van der Waals surface area contributed by atoms with E-state index in [0.29, 0.717) is 0 Å². The van der Waals surface area contributed by atoms with E-state index in [2.05, 4.69) is 4.98 Å². The number of alkyl halides is 3. The number of hydrogen-bond acceptors (Lipinski definition) is 4. The number of carbonyl (C=O) groups is 1. The van der Waals surface area contributed by atoms with Crippen molar-refractivity contribution in [3.05, 3.63) is 60.0 Å². The zero-order valence-electron chi connectivity index (χ0n) is 13.7. The fourth-order valence-electron chi connectivity index (χ4n) is 2.77. The number of oxazole rings is 1. The maximum atomic E-state index is 13.2. The first-order chi connectivity index (χ1) is 12.3. The molecule has 0 radical (unpaired) electrons. The molecule has 1 aromatic heterocycles. The minimum absolute atomic E-state index is 0.0190. The summed E-state index contributed by atoms with van der Waals surface area (Å²) in [4.78, 5) is 16.8. The molecule has 8 heteroatoms. The Kier molecular flexibility index (Phi) is 4.58. The molecule has 1 N–H and O–H groups in total. The number of fused-ring (bicyclic) bond motifs is 1. The number of hydrogen-bond donors (Lipinski definition) is 1. The lowest BCUT2D eigenvalue weighted by Crippen LogP contribution is -2.40. The molecule has 0 aliphatic heterocycles. The number of likely N-dealkylation sites (N-methyl/N-ethyl adjacent to an activating group) is 1. The van der Waals surface area contributed by atoms with Crippen molar-refractivity contribution in [3.63, 3.8) is 0 Å². The predicted octanol–water partition coefficient (Wildman–Crippen LogP) is 3.98. The maximum Gasteiger partial charge on any atom is 0.416 e. The summed E-state index contributed by atoms with van der Waals surface area (Å²) in [5.41, 5.74) is -0.00173. The van der Waals surface area contributed by atoms with E-state index in [-0.39, 0.29) is 23.2 Å². The van der Waals surface area contributed by atoms with Gasteiger partial charge in [-0.2, -0.15) is 13.2 Å². The highest BCUT2D eigenvalue weighted by Crippen LogP contribution is 2.37. The lowest BCUT2D eigenvalue weighted by Gasteiger charge is -2.27. The topological polar surface area (TPSA) is 66.6 Å². The Hall–Kier alpha value is -3.03. The van der Waals surface area contributed by atoms with Crippen LogP contribution in [0.3, 0.4) is 0 Å². The average Bonchev–Trinajstić information content (AvgIpc) is 3.06. The van der Waals surface area contributed by atoms with Crippen LogP contribution in [0.25, 0.3) is 11.1 Å². The second-order valence-corrected chi connectivity index (χ2v) is 5.85. The first kappa shape index (κ1) is 17.8. The van der Waals surface area contributed by atoms with Crippen molar-refractivity contribution >= 4 is 22.8 Å². The van der Waals surface area contributed by atoms with E-state index in [4.69, 9.17) is 4.42 Å². The highest BCUT2D eigenvalue weighted by Gasteiger charge is 2.34. The van der Waals surface area contributed by atoms with Crippen LogP contribution in [0.1, 0.15) is 11.1 Å². The number of aromatic nitrogens is 1. The monoisotopic (exact) mass is 364 g/mol. The number of aliphatic carboxylic acids is 1. The summed E-state index contributed by atoms with van der Waals surface area (Å²) >= 11 is 0. The van der Waals surface area contributed by atoms with Crippen LogP contribution >= 0.6 is 0 Å². The van der Waals surface area contributed by atoms with Crippen molar-refractivity contribution < 1.29 is 27.5 Å². The number of nitrogens with zero attached hydrogens (tertiary/aromatic N) is 2. The molecule has 0 aliphatic carbocycles. The lowest BCUT2D eigenvalue weighted by atomic mass is 10.0. The number of halogens is 3. The van der Waals surface area contributed by atoms with Gasteiger partial charge in [0, 0.05) is 13.5 Å². The van der Waals surface area contributed by atoms with E-state index >= 15 is 0 Å². The Labute approximate surface area is 146 Å². The zero-order chi connectivity index (χ0) is 18.9. The van der Waals surface area contributed by atoms with Gasteiger partial charge in [0.25, 0.3) is 0 Å². The number of rotatable bonds is 5. The van der Waals surface area contributed by atoms with Crippen molar-refractivity contribution in [3.8, 4) is 0 Å². The third-order valence-corrected chi connectivity index (χ3v) is 4.14. The Morgan fingerprint density at radius 3 is 2.58 bits per heavy atom. The molecular weight excluding hydrogens is 349 g/mol. The lowest BCUT2D eigenvalue weighted by molar-refractivity contribution is -0.138. The van der Waals surface area contributed by atoms with Gasteiger partial charge in [0.15, 0.2) is 12.0 Å². The van der Waals surface area contributed by atoms with Crippen LogP contribution in [0.4, 0.5) is 18.9 Å². The largest absolute Gasteiger partial charge is 0.480 e. The summed E-state index contributed by atoms with van der Waals surface area (Å²) in [5.74, 6) is -1.15. The number of carboxylic acid groups (broad SMARTS) is 1. The Morgan fingerprint density at radius 2 is 1.96 bits per heavy atom. The molecule has 0 saturated heterocycles. The molecule has 2 aromatic carbocycles. The van der Waals surface area contributed by atoms with Gasteiger partial charge in [-0.15, -0.1) is 0 Å². The van der Waals surface area contributed by atoms with Gasteiger partial charge in [0.2, 0.25) is 0 Å². The first-order valence-corrected chi connectivity index (χ1v) is 7.71. The molecule has 0 amide bonds. The Balaban J connectivity index is 2.05. The smallest absolute Gasteiger partial charge is 0.416 e. The van der Waals surface area contributed by atoms with Crippen LogP contribution < -0.4 is 4.90 Å². The van der Waals surface area contributed by atoms with Crippen molar-refractivity contribution in [1.82, 2.24) is 4.98 Å². The summed E-state index contributed by atoms with van der Waals surface area (Å²) in [7, 11) is 1.43. The SMILES string of the molecule is CN(c1cc(C(F)(F)F)cc2ncoc12)C(Cc1ccccc1)C(=O)O. The third-order valence-electron chi connectivity index (χ3n) is 4.14. The standard InChI is InChI=1S/C18H15F3N2O3/c1-23(15(17(24)25)7-11-5-3-2-4-6-11)14-9-12(18(19,20)21)8-13-16(14)26-10-22-13/h2-6,8-10,15H,7H2,1H3,(H,24,25). The van der Waals surface area contributed by atoms with E-state index in [1.807, 2.05) is 0 Å². The molecule has 26 heavy (non-hydrogen) atoms. The second kappa shape index (κ2) is 6.70. The van der Waals surface area contributed by atoms with Crippen LogP contribution in [0.15, 0.2) is 53.3 Å². The van der Waals surface area contributed by atoms with Crippen LogP contribution in [-0.2, 0) is 17.4 Å². The van der Waals surface area contributed by atoms with Gasteiger partial charge in [-0.3, -0.25) is 0 Å². The number of carboxylic acids is 1. The van der Waals surface area contributed by atoms with Crippen molar-refractivity contribution in [1.29, 1.82) is 0 Å². The molecule has 3 aromatic rings. The molecule has 0 aliphatic rings. The van der Waals surface area contributed by atoms with Crippen molar-refractivity contribution in [2.75, 3.05) is 11.9 Å². The third kappa shape index (κ3) is 3.49. The molecule has 1 heterocycles. The molecule has 3 rings (SSSR count). The molecular formula is C18H15F3N2O3. The van der Waals surface area contributed by atoms with Crippen LogP contribution in [0.2, 0.25) is 0 Å². The molecule has 1 unspecified atom stereocenters. The average molecular weight is 364 g/mol. The summed E-state index contributed by atoms with van der Waals surface area (Å²) < 4.78 is 44.7. The summed E-state index contributed by atoms with van der Waals surface area (Å²) in [6.45, 7) is 0. The van der Waals surface area contributed by atoms with Gasteiger partial charge >= 0.3 is 12.1 Å². The van der Waals surface area contributed by atoms with Crippen molar-refractivity contribution in [2.24, 2.45) is 0 Å². The van der Waals surface area contributed by atoms with Crippen LogP contribution in [0.5, 0.6) is 0 Å². The van der Waals surface area contributed by atoms with Gasteiger partial charge in [0.05, 0.1) is 11.3 Å². The van der Waals surface area contributed by atoms with Gasteiger partial charge < -0.3 is 14.4 Å². The van der Waals surface area contributed by atoms with Gasteiger partial charge in [-0.25, -0.2) is 9.78 Å². The highest BCUT2D eigenvalue weighted by atomic mass is 19.4. The quantitative estimate of drug-likeness (QED) is 0.742. The van der Waals surface area contributed by atoms with E-state index < -0.39 is 23.8 Å². The fraction of sp³-hybridized carbons (Fsp3) is 0.222. The summed E-state index contributed by atoms with van der Waals surface area (Å²) in [5, 5.41) is 9.61. The zero-order valence-corrected chi connectivity index (χ0v) is 13.7. The normalized spacial score (nSPS) is 12.9. The minimum atomic E-state index is -4.58. The van der Waals surface area contributed by atoms with E-state index in [9.17, 15) is 23.1 Å². The maximum absolute atomic E-state index is 13.2. The van der Waals surface area contributed by atoms with E-state index in [1.54, 1.807) is 30.3 Å².